The van der Waals surface area contributed by atoms with Crippen LogP contribution in [-0.2, 0) is 4.79 Å². The second kappa shape index (κ2) is 4.65. The number of hydrogen-bond acceptors (Lipinski definition) is 2. The Morgan fingerprint density at radius 3 is 2.43 bits per heavy atom. The largest absolute Gasteiger partial charge is 0.480 e. The van der Waals surface area contributed by atoms with Gasteiger partial charge in [0.2, 0.25) is 0 Å². The molecule has 1 unspecified atom stereocenters. The van der Waals surface area contributed by atoms with Gasteiger partial charge in [-0.25, -0.2) is 4.79 Å². The summed E-state index contributed by atoms with van der Waals surface area (Å²) in [5.41, 5.74) is 2.02. The minimum absolute atomic E-state index is 0.502. The van der Waals surface area contributed by atoms with Gasteiger partial charge in [0.15, 0.2) is 0 Å². The SMILES string of the molecule is CCC(Nc1ccc(C)cc1)C(=O)O. The van der Waals surface area contributed by atoms with Crippen molar-refractivity contribution < 1.29 is 9.90 Å². The molecule has 1 aromatic rings. The van der Waals surface area contributed by atoms with Gasteiger partial charge in [-0.05, 0) is 25.5 Å². The molecule has 76 valence electrons. The van der Waals surface area contributed by atoms with E-state index in [9.17, 15) is 4.79 Å². The van der Waals surface area contributed by atoms with Gasteiger partial charge >= 0.3 is 5.97 Å². The quantitative estimate of drug-likeness (QED) is 0.771. The maximum Gasteiger partial charge on any atom is 0.326 e. The van der Waals surface area contributed by atoms with Gasteiger partial charge in [0.25, 0.3) is 0 Å². The fourth-order valence-electron chi connectivity index (χ4n) is 1.19. The lowest BCUT2D eigenvalue weighted by molar-refractivity contribution is -0.137. The molecule has 0 aliphatic rings. The average molecular weight is 193 g/mol. The number of benzene rings is 1. The van der Waals surface area contributed by atoms with E-state index in [1.807, 2.05) is 38.1 Å². The summed E-state index contributed by atoms with van der Waals surface area (Å²) >= 11 is 0. The molecule has 0 aliphatic heterocycles. The van der Waals surface area contributed by atoms with E-state index in [0.717, 1.165) is 5.69 Å². The van der Waals surface area contributed by atoms with Crippen LogP contribution in [-0.4, -0.2) is 17.1 Å². The molecule has 0 bridgehead atoms. The highest BCUT2D eigenvalue weighted by Gasteiger charge is 2.13. The van der Waals surface area contributed by atoms with Crippen LogP contribution in [0.4, 0.5) is 5.69 Å². The summed E-state index contributed by atoms with van der Waals surface area (Å²) in [7, 11) is 0. The van der Waals surface area contributed by atoms with Crippen molar-refractivity contribution in [2.45, 2.75) is 26.3 Å². The van der Waals surface area contributed by atoms with E-state index in [-0.39, 0.29) is 0 Å². The van der Waals surface area contributed by atoms with E-state index < -0.39 is 12.0 Å². The molecule has 0 aliphatic carbocycles. The molecule has 2 N–H and O–H groups in total. The summed E-state index contributed by atoms with van der Waals surface area (Å²) in [6.45, 7) is 3.85. The van der Waals surface area contributed by atoms with Crippen LogP contribution in [0, 0.1) is 6.92 Å². The Labute approximate surface area is 83.8 Å². The van der Waals surface area contributed by atoms with Gasteiger partial charge in [-0.3, -0.25) is 0 Å². The number of nitrogens with one attached hydrogen (secondary N) is 1. The molecule has 14 heavy (non-hydrogen) atoms. The Bertz CT molecular complexity index is 306. The van der Waals surface area contributed by atoms with Crippen molar-refractivity contribution in [2.24, 2.45) is 0 Å². The first-order valence-electron chi connectivity index (χ1n) is 4.69. The normalized spacial score (nSPS) is 12.1. The highest BCUT2D eigenvalue weighted by molar-refractivity contribution is 5.77. The fraction of sp³-hybridized carbons (Fsp3) is 0.364. The Balaban J connectivity index is 2.67. The van der Waals surface area contributed by atoms with Crippen molar-refractivity contribution in [2.75, 3.05) is 5.32 Å². The third kappa shape index (κ3) is 2.76. The summed E-state index contributed by atoms with van der Waals surface area (Å²) < 4.78 is 0. The van der Waals surface area contributed by atoms with E-state index in [1.54, 1.807) is 0 Å². The summed E-state index contributed by atoms with van der Waals surface area (Å²) in [6, 6.07) is 7.19. The van der Waals surface area contributed by atoms with Crippen LogP contribution >= 0.6 is 0 Å². The maximum atomic E-state index is 10.7. The van der Waals surface area contributed by atoms with Crippen molar-refractivity contribution in [1.29, 1.82) is 0 Å². The van der Waals surface area contributed by atoms with Crippen molar-refractivity contribution in [3.05, 3.63) is 29.8 Å². The highest BCUT2D eigenvalue weighted by atomic mass is 16.4. The molecule has 1 atom stereocenters. The summed E-state index contributed by atoms with van der Waals surface area (Å²) in [6.07, 6.45) is 0.573. The van der Waals surface area contributed by atoms with E-state index in [1.165, 1.54) is 5.56 Å². The number of carboxylic acids is 1. The lowest BCUT2D eigenvalue weighted by Gasteiger charge is -2.13. The van der Waals surface area contributed by atoms with Gasteiger partial charge in [-0.1, -0.05) is 24.6 Å². The lowest BCUT2D eigenvalue weighted by Crippen LogP contribution is -2.28. The standard InChI is InChI=1S/C11H15NO2/c1-3-10(11(13)14)12-9-6-4-8(2)5-7-9/h4-7,10,12H,3H2,1-2H3,(H,13,14). The lowest BCUT2D eigenvalue weighted by atomic mass is 10.2. The van der Waals surface area contributed by atoms with Crippen LogP contribution in [0.25, 0.3) is 0 Å². The number of rotatable bonds is 4. The molecule has 0 saturated carbocycles. The Hall–Kier alpha value is -1.51. The Morgan fingerprint density at radius 1 is 1.43 bits per heavy atom. The molecule has 3 nitrogen and oxygen atoms in total. The molecule has 0 heterocycles. The monoisotopic (exact) mass is 193 g/mol. The minimum atomic E-state index is -0.812. The third-order valence-corrected chi connectivity index (χ3v) is 2.10. The van der Waals surface area contributed by atoms with Crippen LogP contribution in [0.2, 0.25) is 0 Å². The van der Waals surface area contributed by atoms with Crippen LogP contribution in [0.15, 0.2) is 24.3 Å². The number of carbonyl (C=O) groups is 1. The van der Waals surface area contributed by atoms with Gasteiger partial charge in [0.05, 0.1) is 0 Å². The molecule has 1 rings (SSSR count). The molecule has 1 aromatic carbocycles. The molecule has 0 amide bonds. The molecule has 0 saturated heterocycles. The van der Waals surface area contributed by atoms with Gasteiger partial charge in [0, 0.05) is 5.69 Å². The summed E-state index contributed by atoms with van der Waals surface area (Å²) in [5.74, 6) is -0.812. The summed E-state index contributed by atoms with van der Waals surface area (Å²) in [4.78, 5) is 10.7. The van der Waals surface area contributed by atoms with Crippen LogP contribution in [0.1, 0.15) is 18.9 Å². The average Bonchev–Trinajstić information content (AvgIpc) is 2.16. The number of aryl methyl sites for hydroxylation is 1. The van der Waals surface area contributed by atoms with Gasteiger partial charge in [-0.15, -0.1) is 0 Å². The zero-order chi connectivity index (χ0) is 10.6. The van der Waals surface area contributed by atoms with Crippen LogP contribution < -0.4 is 5.32 Å². The second-order valence-corrected chi connectivity index (χ2v) is 3.31. The molecule has 0 radical (unpaired) electrons. The third-order valence-electron chi connectivity index (χ3n) is 2.10. The number of carboxylic acid groups (broad SMARTS) is 1. The van der Waals surface area contributed by atoms with Gasteiger partial charge in [0.1, 0.15) is 6.04 Å². The molecule has 3 heteroatoms. The number of anilines is 1. The van der Waals surface area contributed by atoms with Crippen molar-refractivity contribution in [1.82, 2.24) is 0 Å². The number of hydrogen-bond donors (Lipinski definition) is 2. The van der Waals surface area contributed by atoms with Crippen LogP contribution in [0.5, 0.6) is 0 Å². The van der Waals surface area contributed by atoms with Crippen molar-refractivity contribution >= 4 is 11.7 Å². The van der Waals surface area contributed by atoms with E-state index in [0.29, 0.717) is 6.42 Å². The van der Waals surface area contributed by atoms with Crippen molar-refractivity contribution in [3.8, 4) is 0 Å². The zero-order valence-electron chi connectivity index (χ0n) is 8.45. The second-order valence-electron chi connectivity index (χ2n) is 3.31. The molecule has 0 spiro atoms. The first kappa shape index (κ1) is 10.6. The number of aliphatic carboxylic acids is 1. The summed E-state index contributed by atoms with van der Waals surface area (Å²) in [5, 5.41) is 11.8. The minimum Gasteiger partial charge on any atom is -0.480 e. The zero-order valence-corrected chi connectivity index (χ0v) is 8.45. The van der Waals surface area contributed by atoms with Gasteiger partial charge < -0.3 is 10.4 Å². The van der Waals surface area contributed by atoms with Crippen molar-refractivity contribution in [3.63, 3.8) is 0 Å². The molecule has 0 aromatic heterocycles. The smallest absolute Gasteiger partial charge is 0.326 e. The highest BCUT2D eigenvalue weighted by Crippen LogP contribution is 2.11. The maximum absolute atomic E-state index is 10.7. The fourth-order valence-corrected chi connectivity index (χ4v) is 1.19. The van der Waals surface area contributed by atoms with E-state index in [4.69, 9.17) is 5.11 Å². The predicted octanol–water partition coefficient (Wildman–Crippen LogP) is 2.27. The topological polar surface area (TPSA) is 49.3 Å². The van der Waals surface area contributed by atoms with Crippen LogP contribution in [0.3, 0.4) is 0 Å². The first-order chi connectivity index (χ1) is 6.63. The van der Waals surface area contributed by atoms with E-state index >= 15 is 0 Å². The molecular formula is C11H15NO2. The van der Waals surface area contributed by atoms with E-state index in [2.05, 4.69) is 5.32 Å². The Morgan fingerprint density at radius 2 is 2.00 bits per heavy atom. The molecular weight excluding hydrogens is 178 g/mol. The Kier molecular flexibility index (Phi) is 3.51. The first-order valence-corrected chi connectivity index (χ1v) is 4.69. The molecule has 0 fully saturated rings. The van der Waals surface area contributed by atoms with Gasteiger partial charge in [-0.2, -0.15) is 0 Å². The predicted molar refractivity (Wildman–Crippen MR) is 56.5 cm³/mol.